The molecule has 1 aliphatic carbocycles. The lowest BCUT2D eigenvalue weighted by Crippen LogP contribution is -2.37. The van der Waals surface area contributed by atoms with Gasteiger partial charge in [-0.1, -0.05) is 48.5 Å². The molecule has 0 saturated heterocycles. The monoisotopic (exact) mass is 338 g/mol. The Morgan fingerprint density at radius 3 is 2.36 bits per heavy atom. The number of carbonyl (C=O) groups excluding carboxylic acids is 2. The van der Waals surface area contributed by atoms with Gasteiger partial charge >= 0.3 is 0 Å². The van der Waals surface area contributed by atoms with Gasteiger partial charge in [-0.05, 0) is 24.5 Å². The first-order valence-corrected chi connectivity index (χ1v) is 8.55. The molecule has 0 aromatic heterocycles. The largest absolute Gasteiger partial charge is 0.483 e. The highest BCUT2D eigenvalue weighted by atomic mass is 16.5. The van der Waals surface area contributed by atoms with Gasteiger partial charge in [-0.25, -0.2) is 0 Å². The van der Waals surface area contributed by atoms with Crippen molar-refractivity contribution in [2.24, 2.45) is 5.92 Å². The highest BCUT2D eigenvalue weighted by molar-refractivity contribution is 5.81. The standard InChI is InChI=1S/C20H22N2O3/c23-19(21-12-13-22-20(24)16-10-11-16)14-25-18-9-5-4-8-17(18)15-6-2-1-3-7-15/h1-9,16H,10-14H2,(H,21,23)(H,22,24). The number of para-hydroxylation sites is 1. The number of amides is 2. The predicted molar refractivity (Wildman–Crippen MR) is 96.1 cm³/mol. The van der Waals surface area contributed by atoms with Crippen molar-refractivity contribution < 1.29 is 14.3 Å². The number of carbonyl (C=O) groups is 2. The van der Waals surface area contributed by atoms with E-state index in [1.54, 1.807) is 0 Å². The number of benzene rings is 2. The van der Waals surface area contributed by atoms with E-state index >= 15 is 0 Å². The van der Waals surface area contributed by atoms with Crippen molar-refractivity contribution in [2.45, 2.75) is 12.8 Å². The van der Waals surface area contributed by atoms with Crippen molar-refractivity contribution >= 4 is 11.8 Å². The quantitative estimate of drug-likeness (QED) is 0.726. The summed E-state index contributed by atoms with van der Waals surface area (Å²) in [7, 11) is 0. The zero-order valence-electron chi connectivity index (χ0n) is 14.0. The Kier molecular flexibility index (Phi) is 5.67. The Morgan fingerprint density at radius 2 is 1.60 bits per heavy atom. The maximum Gasteiger partial charge on any atom is 0.258 e. The number of rotatable bonds is 8. The summed E-state index contributed by atoms with van der Waals surface area (Å²) in [6.07, 6.45) is 1.96. The van der Waals surface area contributed by atoms with Gasteiger partial charge in [0.25, 0.3) is 5.91 Å². The van der Waals surface area contributed by atoms with Crippen LogP contribution in [0.5, 0.6) is 5.75 Å². The van der Waals surface area contributed by atoms with Crippen LogP contribution < -0.4 is 15.4 Å². The first kappa shape index (κ1) is 17.0. The number of nitrogens with one attached hydrogen (secondary N) is 2. The van der Waals surface area contributed by atoms with Gasteiger partial charge in [-0.3, -0.25) is 9.59 Å². The van der Waals surface area contributed by atoms with Crippen molar-refractivity contribution in [1.82, 2.24) is 10.6 Å². The molecule has 130 valence electrons. The molecule has 1 aliphatic rings. The summed E-state index contributed by atoms with van der Waals surface area (Å²) >= 11 is 0. The lowest BCUT2D eigenvalue weighted by molar-refractivity contribution is -0.124. The van der Waals surface area contributed by atoms with Crippen molar-refractivity contribution in [3.63, 3.8) is 0 Å². The second kappa shape index (κ2) is 8.33. The SMILES string of the molecule is O=C(COc1ccccc1-c1ccccc1)NCCNC(=O)C1CC1. The highest BCUT2D eigenvalue weighted by Crippen LogP contribution is 2.29. The number of hydrogen-bond donors (Lipinski definition) is 2. The van der Waals surface area contributed by atoms with E-state index in [2.05, 4.69) is 10.6 Å². The zero-order valence-corrected chi connectivity index (χ0v) is 14.0. The van der Waals surface area contributed by atoms with Gasteiger partial charge in [0.05, 0.1) is 0 Å². The van der Waals surface area contributed by atoms with Crippen LogP contribution >= 0.6 is 0 Å². The van der Waals surface area contributed by atoms with Crippen LogP contribution in [0.15, 0.2) is 54.6 Å². The average Bonchev–Trinajstić information content (AvgIpc) is 3.49. The van der Waals surface area contributed by atoms with Crippen LogP contribution in [0, 0.1) is 5.92 Å². The molecule has 1 fully saturated rings. The molecule has 2 N–H and O–H groups in total. The van der Waals surface area contributed by atoms with Crippen LogP contribution in [0.3, 0.4) is 0 Å². The van der Waals surface area contributed by atoms with E-state index in [4.69, 9.17) is 4.74 Å². The third kappa shape index (κ3) is 5.08. The van der Waals surface area contributed by atoms with Crippen LogP contribution in [-0.2, 0) is 9.59 Å². The van der Waals surface area contributed by atoms with E-state index in [0.717, 1.165) is 24.0 Å². The molecular weight excluding hydrogens is 316 g/mol. The molecule has 0 atom stereocenters. The fraction of sp³-hybridized carbons (Fsp3) is 0.300. The minimum atomic E-state index is -0.205. The van der Waals surface area contributed by atoms with Crippen LogP contribution in [0.4, 0.5) is 0 Å². The molecular formula is C20H22N2O3. The third-order valence-corrected chi connectivity index (χ3v) is 4.03. The minimum Gasteiger partial charge on any atom is -0.483 e. The summed E-state index contributed by atoms with van der Waals surface area (Å²) in [5.74, 6) is 0.741. The fourth-order valence-corrected chi connectivity index (χ4v) is 2.52. The Balaban J connectivity index is 1.45. The molecule has 0 radical (unpaired) electrons. The van der Waals surface area contributed by atoms with Gasteiger partial charge in [-0.2, -0.15) is 0 Å². The highest BCUT2D eigenvalue weighted by Gasteiger charge is 2.28. The first-order chi connectivity index (χ1) is 12.2. The van der Waals surface area contributed by atoms with Crippen LogP contribution in [0.25, 0.3) is 11.1 Å². The lowest BCUT2D eigenvalue weighted by Gasteiger charge is -2.12. The van der Waals surface area contributed by atoms with Gasteiger partial charge in [-0.15, -0.1) is 0 Å². The second-order valence-electron chi connectivity index (χ2n) is 6.07. The maximum atomic E-state index is 11.9. The Labute approximate surface area is 147 Å². The minimum absolute atomic E-state index is 0.0551. The molecule has 5 nitrogen and oxygen atoms in total. The van der Waals surface area contributed by atoms with Gasteiger partial charge < -0.3 is 15.4 Å². The van der Waals surface area contributed by atoms with Crippen LogP contribution in [-0.4, -0.2) is 31.5 Å². The topological polar surface area (TPSA) is 67.4 Å². The van der Waals surface area contributed by atoms with E-state index < -0.39 is 0 Å². The summed E-state index contributed by atoms with van der Waals surface area (Å²) in [5, 5.41) is 5.56. The van der Waals surface area contributed by atoms with Crippen molar-refractivity contribution in [1.29, 1.82) is 0 Å². The van der Waals surface area contributed by atoms with E-state index in [1.807, 2.05) is 54.6 Å². The molecule has 3 rings (SSSR count). The van der Waals surface area contributed by atoms with E-state index in [9.17, 15) is 9.59 Å². The van der Waals surface area contributed by atoms with Gasteiger partial charge in [0.1, 0.15) is 5.75 Å². The second-order valence-corrected chi connectivity index (χ2v) is 6.07. The average molecular weight is 338 g/mol. The Hall–Kier alpha value is -2.82. The molecule has 0 spiro atoms. The molecule has 0 bridgehead atoms. The van der Waals surface area contributed by atoms with Gasteiger partial charge in [0.15, 0.2) is 6.61 Å². The molecule has 2 aromatic rings. The smallest absolute Gasteiger partial charge is 0.258 e. The van der Waals surface area contributed by atoms with Crippen LogP contribution in [0.1, 0.15) is 12.8 Å². The lowest BCUT2D eigenvalue weighted by atomic mass is 10.1. The summed E-state index contributed by atoms with van der Waals surface area (Å²) in [5.41, 5.74) is 1.99. The molecule has 2 aromatic carbocycles. The number of ether oxygens (including phenoxy) is 1. The third-order valence-electron chi connectivity index (χ3n) is 4.03. The molecule has 0 heterocycles. The Morgan fingerprint density at radius 1 is 0.920 bits per heavy atom. The summed E-state index contributed by atoms with van der Waals surface area (Å²) in [4.78, 5) is 23.4. The van der Waals surface area contributed by atoms with Gasteiger partial charge in [0, 0.05) is 24.6 Å². The molecule has 5 heteroatoms. The Bertz CT molecular complexity index is 727. The predicted octanol–water partition coefficient (Wildman–Crippen LogP) is 2.37. The molecule has 0 aliphatic heterocycles. The van der Waals surface area contributed by atoms with Gasteiger partial charge in [0.2, 0.25) is 5.91 Å². The van der Waals surface area contributed by atoms with E-state index in [1.165, 1.54) is 0 Å². The summed E-state index contributed by atoms with van der Waals surface area (Å²) in [6.45, 7) is 0.795. The first-order valence-electron chi connectivity index (χ1n) is 8.55. The molecule has 25 heavy (non-hydrogen) atoms. The van der Waals surface area contributed by atoms with E-state index in [0.29, 0.717) is 18.8 Å². The molecule has 1 saturated carbocycles. The van der Waals surface area contributed by atoms with E-state index in [-0.39, 0.29) is 24.3 Å². The fourth-order valence-electron chi connectivity index (χ4n) is 2.52. The maximum absolute atomic E-state index is 11.9. The summed E-state index contributed by atoms with van der Waals surface area (Å²) in [6, 6.07) is 17.5. The normalized spacial score (nSPS) is 13.1. The van der Waals surface area contributed by atoms with Crippen molar-refractivity contribution in [3.05, 3.63) is 54.6 Å². The molecule has 0 unspecified atom stereocenters. The van der Waals surface area contributed by atoms with Crippen molar-refractivity contribution in [3.8, 4) is 16.9 Å². The summed E-state index contributed by atoms with van der Waals surface area (Å²) < 4.78 is 5.68. The molecule has 2 amide bonds. The van der Waals surface area contributed by atoms with Crippen LogP contribution in [0.2, 0.25) is 0 Å². The number of hydrogen-bond acceptors (Lipinski definition) is 3. The van der Waals surface area contributed by atoms with Crippen molar-refractivity contribution in [2.75, 3.05) is 19.7 Å². The zero-order chi connectivity index (χ0) is 17.5.